The Bertz CT molecular complexity index is 2970. The molecule has 3 aromatic heterocycles. The molecular formula is C55H65FN10O5. The van der Waals surface area contributed by atoms with E-state index in [1.54, 1.807) is 24.2 Å². The first-order valence-corrected chi connectivity index (χ1v) is 25.8. The second-order valence-electron chi connectivity index (χ2n) is 21.2. The van der Waals surface area contributed by atoms with Crippen molar-refractivity contribution in [1.82, 2.24) is 39.0 Å². The molecule has 2 aromatic carbocycles. The molecule has 8 heterocycles. The zero-order valence-corrected chi connectivity index (χ0v) is 41.3. The van der Waals surface area contributed by atoms with E-state index in [0.29, 0.717) is 30.0 Å². The average Bonchev–Trinajstić information content (AvgIpc) is 4.08. The van der Waals surface area contributed by atoms with Gasteiger partial charge < -0.3 is 14.8 Å². The summed E-state index contributed by atoms with van der Waals surface area (Å²) in [5.41, 5.74) is 6.83. The number of carbonyl (C=O) groups excluding carboxylic acids is 4. The Kier molecular flexibility index (Phi) is 12.4. The molecule has 6 aliphatic rings. The van der Waals surface area contributed by atoms with Crippen molar-refractivity contribution in [1.29, 1.82) is 0 Å². The molecular weight excluding hydrogens is 900 g/mol. The van der Waals surface area contributed by atoms with Crippen molar-refractivity contribution in [2.24, 2.45) is 13.0 Å². The summed E-state index contributed by atoms with van der Waals surface area (Å²) >= 11 is 0. The third kappa shape index (κ3) is 8.64. The first-order valence-electron chi connectivity index (χ1n) is 25.8. The number of carbonyl (C=O) groups is 4. The van der Waals surface area contributed by atoms with Gasteiger partial charge in [0.2, 0.25) is 17.7 Å². The van der Waals surface area contributed by atoms with Crippen LogP contribution in [0.15, 0.2) is 77.9 Å². The highest BCUT2D eigenvalue weighted by molar-refractivity contribution is 6.15. The number of likely N-dealkylation sites (tertiary alicyclic amines) is 2. The van der Waals surface area contributed by atoms with E-state index < -0.39 is 17.3 Å². The minimum absolute atomic E-state index is 0.00569. The van der Waals surface area contributed by atoms with Crippen LogP contribution < -0.4 is 21.1 Å². The lowest BCUT2D eigenvalue weighted by Crippen LogP contribution is -2.54. The molecule has 372 valence electrons. The van der Waals surface area contributed by atoms with Crippen LogP contribution in [-0.4, -0.2) is 129 Å². The quantitative estimate of drug-likeness (QED) is 0.149. The van der Waals surface area contributed by atoms with Gasteiger partial charge in [0, 0.05) is 113 Å². The molecule has 5 aromatic rings. The van der Waals surface area contributed by atoms with E-state index >= 15 is 0 Å². The number of hydrogen-bond donors (Lipinski definition) is 2. The molecule has 1 unspecified atom stereocenters. The molecule has 1 aliphatic carbocycles. The van der Waals surface area contributed by atoms with Crippen molar-refractivity contribution in [2.75, 3.05) is 69.6 Å². The maximum Gasteiger partial charge on any atom is 0.257 e. The van der Waals surface area contributed by atoms with Crippen LogP contribution in [0, 0.1) is 11.7 Å². The van der Waals surface area contributed by atoms with E-state index in [1.807, 2.05) is 30.1 Å². The van der Waals surface area contributed by atoms with Crippen LogP contribution in [0.25, 0.3) is 16.7 Å². The van der Waals surface area contributed by atoms with E-state index in [0.717, 1.165) is 131 Å². The summed E-state index contributed by atoms with van der Waals surface area (Å²) in [4.78, 5) is 81.1. The molecule has 71 heavy (non-hydrogen) atoms. The lowest BCUT2D eigenvalue weighted by molar-refractivity contribution is -0.135. The number of pyridine rings is 2. The van der Waals surface area contributed by atoms with Gasteiger partial charge in [0.15, 0.2) is 5.82 Å². The molecule has 11 rings (SSSR count). The topological polar surface area (TPSA) is 148 Å². The lowest BCUT2D eigenvalue weighted by Gasteiger charge is -2.42. The van der Waals surface area contributed by atoms with E-state index in [1.165, 1.54) is 28.0 Å². The second kappa shape index (κ2) is 18.7. The van der Waals surface area contributed by atoms with Crippen LogP contribution in [0.4, 0.5) is 15.8 Å². The number of aromatic nitrogens is 3. The molecule has 0 bridgehead atoms. The number of halogens is 1. The number of benzene rings is 2. The first kappa shape index (κ1) is 47.1. The summed E-state index contributed by atoms with van der Waals surface area (Å²) in [5.74, 6) is -0.0753. The van der Waals surface area contributed by atoms with Gasteiger partial charge in [-0.3, -0.25) is 53.5 Å². The summed E-state index contributed by atoms with van der Waals surface area (Å²) in [6.07, 6.45) is 9.11. The number of piperazine rings is 1. The van der Waals surface area contributed by atoms with Crippen LogP contribution in [0.5, 0.6) is 0 Å². The smallest absolute Gasteiger partial charge is 0.257 e. The largest absolute Gasteiger partial charge is 0.386 e. The third-order valence-corrected chi connectivity index (χ3v) is 17.0. The van der Waals surface area contributed by atoms with E-state index in [2.05, 4.69) is 79.1 Å². The molecule has 4 saturated heterocycles. The average molecular weight is 965 g/mol. The molecule has 3 atom stereocenters. The molecule has 1 spiro atoms. The molecule has 2 N–H and O–H groups in total. The van der Waals surface area contributed by atoms with Gasteiger partial charge in [0.05, 0.1) is 23.0 Å². The zero-order chi connectivity index (χ0) is 49.3. The number of piperidine rings is 3. The van der Waals surface area contributed by atoms with Crippen LogP contribution in [0.3, 0.4) is 0 Å². The van der Waals surface area contributed by atoms with Crippen LogP contribution in [0.2, 0.25) is 0 Å². The lowest BCUT2D eigenvalue weighted by atomic mass is 9.88. The summed E-state index contributed by atoms with van der Waals surface area (Å²) in [7, 11) is 3.59. The predicted molar refractivity (Wildman–Crippen MR) is 270 cm³/mol. The maximum atomic E-state index is 14.8. The van der Waals surface area contributed by atoms with Gasteiger partial charge in [0.1, 0.15) is 11.7 Å². The minimum atomic E-state index is -0.636. The van der Waals surface area contributed by atoms with Crippen LogP contribution in [-0.2, 0) is 33.4 Å². The molecule has 0 radical (unpaired) electrons. The van der Waals surface area contributed by atoms with Crippen LogP contribution in [0.1, 0.15) is 110 Å². The number of hydrogen-bond acceptors (Lipinski definition) is 10. The van der Waals surface area contributed by atoms with Gasteiger partial charge in [0.25, 0.3) is 11.5 Å². The van der Waals surface area contributed by atoms with Gasteiger partial charge in [-0.15, -0.1) is 0 Å². The Hall–Kier alpha value is -6.23. The number of fused-ring (bicyclic) bond motifs is 3. The molecule has 1 saturated carbocycles. The number of aryl methyl sites for hydroxylation is 1. The number of rotatable bonds is 11. The molecule has 5 aliphatic heterocycles. The Morgan fingerprint density at radius 2 is 1.66 bits per heavy atom. The number of imide groups is 1. The normalized spacial score (nSPS) is 22.9. The summed E-state index contributed by atoms with van der Waals surface area (Å²) in [5, 5.41) is 5.97. The van der Waals surface area contributed by atoms with Gasteiger partial charge in [-0.1, -0.05) is 24.3 Å². The second-order valence-corrected chi connectivity index (χ2v) is 21.2. The third-order valence-electron chi connectivity index (χ3n) is 17.0. The number of amides is 4. The first-order chi connectivity index (χ1) is 34.3. The van der Waals surface area contributed by atoms with Crippen molar-refractivity contribution >= 4 is 46.0 Å². The summed E-state index contributed by atoms with van der Waals surface area (Å²) in [6.45, 7) is 12.7. The SMILES string of the molecule is CNc1cc(=O)n(-c2ccnc3c2cc([C@H](C)N2CCC(c4ccc(C(=O)N5CCC(CN6CCN(Cc7ccc8c(c7)C7(CC7)C(=O)N8C7CCC(=O)NC7=O)C[C@@H]6C)CC5)cc4)CC2)n3C)cc1F. The highest BCUT2D eigenvalue weighted by atomic mass is 19.1. The van der Waals surface area contributed by atoms with Crippen molar-refractivity contribution in [3.63, 3.8) is 0 Å². The fraction of sp³-hybridized carbons (Fsp3) is 0.491. The Morgan fingerprint density at radius 1 is 0.901 bits per heavy atom. The monoisotopic (exact) mass is 965 g/mol. The fourth-order valence-corrected chi connectivity index (χ4v) is 12.6. The van der Waals surface area contributed by atoms with Crippen LogP contribution >= 0.6 is 0 Å². The Labute approximate surface area is 414 Å². The van der Waals surface area contributed by atoms with Crippen molar-refractivity contribution in [2.45, 2.75) is 101 Å². The molecule has 16 heteroatoms. The standard InChI is InChI=1S/C55H65FN10O5/c1-34-30-61(31-37-5-10-46-42(27-37)55(18-19-55)54(71)66(46)47-11-12-49(67)59-52(47)69)25-26-64(34)32-36-14-21-63(22-15-36)53(70)40-8-6-38(7-9-40)39-16-23-62(24-17-39)35(2)48-28-41-45(13-20-58-51(41)60(48)4)65-33-43(56)44(57-3)29-50(65)68/h5-10,13,20,27-29,33-36,39,47,57H,11-12,14-19,21-26,30-32H2,1-4H3,(H,59,67,69)/t34-,35-,47?/m0/s1. The highest BCUT2D eigenvalue weighted by Gasteiger charge is 2.61. The summed E-state index contributed by atoms with van der Waals surface area (Å²) < 4.78 is 18.2. The summed E-state index contributed by atoms with van der Waals surface area (Å²) in [6, 6.07) is 19.7. The molecule has 5 fully saturated rings. The van der Waals surface area contributed by atoms with E-state index in [-0.39, 0.29) is 47.3 Å². The van der Waals surface area contributed by atoms with E-state index in [9.17, 15) is 28.4 Å². The maximum absolute atomic E-state index is 14.8. The van der Waals surface area contributed by atoms with Gasteiger partial charge in [-0.25, -0.2) is 9.37 Å². The highest BCUT2D eigenvalue weighted by Crippen LogP contribution is 2.58. The van der Waals surface area contributed by atoms with Gasteiger partial charge >= 0.3 is 0 Å². The predicted octanol–water partition coefficient (Wildman–Crippen LogP) is 6.09. The Balaban J connectivity index is 0.641. The van der Waals surface area contributed by atoms with Crippen molar-refractivity contribution in [3.05, 3.63) is 117 Å². The fourth-order valence-electron chi connectivity index (χ4n) is 12.6. The number of nitrogens with zero attached hydrogens (tertiary/aromatic N) is 8. The Morgan fingerprint density at radius 3 is 2.37 bits per heavy atom. The molecule has 4 amide bonds. The van der Waals surface area contributed by atoms with E-state index in [4.69, 9.17) is 0 Å². The van der Waals surface area contributed by atoms with Gasteiger partial charge in [-0.05, 0) is 131 Å². The number of nitrogens with one attached hydrogen (secondary N) is 2. The minimum Gasteiger partial charge on any atom is -0.386 e. The zero-order valence-electron chi connectivity index (χ0n) is 41.3. The number of anilines is 2. The van der Waals surface area contributed by atoms with Gasteiger partial charge in [-0.2, -0.15) is 0 Å². The molecule has 15 nitrogen and oxygen atoms in total. The van der Waals surface area contributed by atoms with Crippen molar-refractivity contribution < 1.29 is 23.6 Å². The van der Waals surface area contributed by atoms with Crippen molar-refractivity contribution in [3.8, 4) is 5.69 Å².